The number of benzene rings is 1. The van der Waals surface area contributed by atoms with E-state index >= 15 is 0 Å². The summed E-state index contributed by atoms with van der Waals surface area (Å²) in [6.45, 7) is 0.280. The number of aliphatic imine (C=N–C) groups is 1. The molecule has 7 nitrogen and oxygen atoms in total. The third-order valence-corrected chi connectivity index (χ3v) is 6.09. The summed E-state index contributed by atoms with van der Waals surface area (Å²) in [4.78, 5) is 4.01. The first-order valence-electron chi connectivity index (χ1n) is 8.53. The predicted molar refractivity (Wildman–Crippen MR) is 95.5 cm³/mol. The highest BCUT2D eigenvalue weighted by Crippen LogP contribution is 2.30. The fourth-order valence-electron chi connectivity index (χ4n) is 2.81. The number of piperidine rings is 1. The minimum Gasteiger partial charge on any atom is -0.505 e. The van der Waals surface area contributed by atoms with Crippen molar-refractivity contribution in [3.63, 3.8) is 0 Å². The molecule has 1 aliphatic rings. The average Bonchev–Trinajstić information content (AvgIpc) is 2.64. The number of hydrogen-bond acceptors (Lipinski definition) is 4. The summed E-state index contributed by atoms with van der Waals surface area (Å²) in [5, 5.41) is 15.2. The minimum absolute atomic E-state index is 0.00986. The first kappa shape index (κ1) is 22.2. The van der Waals surface area contributed by atoms with Crippen LogP contribution in [0.5, 0.6) is 5.75 Å². The lowest BCUT2D eigenvalue weighted by Crippen LogP contribution is -2.47. The van der Waals surface area contributed by atoms with E-state index in [2.05, 4.69) is 15.6 Å². The largest absolute Gasteiger partial charge is 0.511 e. The molecule has 12 heteroatoms. The van der Waals surface area contributed by atoms with Gasteiger partial charge in [0.2, 0.25) is 0 Å². The Labute approximate surface area is 160 Å². The summed E-state index contributed by atoms with van der Waals surface area (Å²) in [7, 11) is -3.74. The van der Waals surface area contributed by atoms with Crippen molar-refractivity contribution in [1.82, 2.24) is 14.9 Å². The van der Waals surface area contributed by atoms with Crippen LogP contribution in [0, 0.1) is 11.7 Å². The molecule has 1 aromatic carbocycles. The number of rotatable bonds is 5. The molecule has 1 saturated heterocycles. The fourth-order valence-corrected chi connectivity index (χ4v) is 3.79. The normalized spacial score (nSPS) is 17.5. The number of nitrogens with one attached hydrogen (secondary N) is 2. The van der Waals surface area contributed by atoms with Crippen molar-refractivity contribution in [1.29, 1.82) is 0 Å². The highest BCUT2D eigenvalue weighted by atomic mass is 32.2. The Kier molecular flexibility index (Phi) is 7.10. The molecule has 1 heterocycles. The van der Waals surface area contributed by atoms with E-state index in [9.17, 15) is 31.1 Å². The molecule has 0 bridgehead atoms. The number of alkyl halides is 3. The average molecular weight is 426 g/mol. The van der Waals surface area contributed by atoms with E-state index in [1.165, 1.54) is 19.2 Å². The van der Waals surface area contributed by atoms with Crippen LogP contribution >= 0.6 is 0 Å². The second-order valence-corrected chi connectivity index (χ2v) is 8.32. The van der Waals surface area contributed by atoms with E-state index in [0.717, 1.165) is 0 Å². The van der Waals surface area contributed by atoms with E-state index in [-0.39, 0.29) is 25.6 Å². The van der Waals surface area contributed by atoms with Gasteiger partial charge in [-0.2, -0.15) is 17.5 Å². The van der Waals surface area contributed by atoms with Crippen LogP contribution in [0.25, 0.3) is 0 Å². The van der Waals surface area contributed by atoms with Gasteiger partial charge in [0.25, 0.3) is 0 Å². The van der Waals surface area contributed by atoms with E-state index in [1.54, 1.807) is 6.07 Å². The second-order valence-electron chi connectivity index (χ2n) is 6.39. The number of nitrogens with zero attached hydrogens (tertiary/aromatic N) is 2. The highest BCUT2D eigenvalue weighted by molar-refractivity contribution is 7.90. The molecule has 0 unspecified atom stereocenters. The van der Waals surface area contributed by atoms with Crippen LogP contribution in [0.3, 0.4) is 0 Å². The van der Waals surface area contributed by atoms with Gasteiger partial charge in [-0.05, 0) is 36.5 Å². The van der Waals surface area contributed by atoms with Crippen LogP contribution < -0.4 is 10.6 Å². The van der Waals surface area contributed by atoms with Gasteiger partial charge in [0.1, 0.15) is 0 Å². The Bertz CT molecular complexity index is 807. The summed E-state index contributed by atoms with van der Waals surface area (Å²) >= 11 is 0. The SMILES string of the molecule is CN=C(NCc1ccc(O)c(F)c1)NCC1CCN(S(=O)(=O)C(F)(F)F)CC1. The molecule has 28 heavy (non-hydrogen) atoms. The quantitative estimate of drug-likeness (QED) is 0.379. The van der Waals surface area contributed by atoms with Gasteiger partial charge < -0.3 is 15.7 Å². The van der Waals surface area contributed by atoms with Crippen LogP contribution in [0.15, 0.2) is 23.2 Å². The van der Waals surface area contributed by atoms with Crippen LogP contribution in [0.1, 0.15) is 18.4 Å². The Balaban J connectivity index is 1.79. The number of phenols is 1. The predicted octanol–water partition coefficient (Wildman–Crippen LogP) is 1.76. The number of phenolic OH excluding ortho intramolecular Hbond substituents is 1. The van der Waals surface area contributed by atoms with Crippen LogP contribution in [-0.2, 0) is 16.6 Å². The zero-order valence-corrected chi connectivity index (χ0v) is 15.9. The number of hydrogen-bond donors (Lipinski definition) is 3. The maximum Gasteiger partial charge on any atom is 0.511 e. The molecule has 3 N–H and O–H groups in total. The molecule has 0 spiro atoms. The van der Waals surface area contributed by atoms with E-state index in [0.29, 0.717) is 35.2 Å². The van der Waals surface area contributed by atoms with Crippen molar-refractivity contribution in [3.8, 4) is 5.75 Å². The second kappa shape index (κ2) is 8.95. The maximum absolute atomic E-state index is 13.3. The standard InChI is InChI=1S/C16H22F4N4O3S/c1-21-15(23-10-12-2-3-14(25)13(17)8-12)22-9-11-4-6-24(7-5-11)28(26,27)16(18,19)20/h2-3,8,11,25H,4-7,9-10H2,1H3,(H2,21,22,23). The van der Waals surface area contributed by atoms with Crippen molar-refractivity contribution in [3.05, 3.63) is 29.6 Å². The zero-order chi connectivity index (χ0) is 20.9. The van der Waals surface area contributed by atoms with E-state index in [4.69, 9.17) is 0 Å². The lowest BCUT2D eigenvalue weighted by atomic mass is 9.98. The summed E-state index contributed by atoms with van der Waals surface area (Å²) in [5.41, 5.74) is -4.69. The van der Waals surface area contributed by atoms with Gasteiger partial charge in [-0.1, -0.05) is 6.07 Å². The van der Waals surface area contributed by atoms with Gasteiger partial charge >= 0.3 is 15.5 Å². The Morgan fingerprint density at radius 1 is 1.29 bits per heavy atom. The molecule has 0 aromatic heterocycles. The third kappa shape index (κ3) is 5.47. The van der Waals surface area contributed by atoms with Crippen molar-refractivity contribution in [2.45, 2.75) is 24.9 Å². The molecule has 0 aliphatic carbocycles. The first-order valence-corrected chi connectivity index (χ1v) is 9.97. The molecule has 1 aliphatic heterocycles. The number of sulfonamides is 1. The van der Waals surface area contributed by atoms with Gasteiger partial charge in [0.05, 0.1) is 0 Å². The smallest absolute Gasteiger partial charge is 0.505 e. The van der Waals surface area contributed by atoms with Gasteiger partial charge in [-0.3, -0.25) is 4.99 Å². The summed E-state index contributed by atoms with van der Waals surface area (Å²) in [6, 6.07) is 3.98. The summed E-state index contributed by atoms with van der Waals surface area (Å²) in [6.07, 6.45) is 0.588. The fraction of sp³-hybridized carbons (Fsp3) is 0.562. The Hall–Kier alpha value is -2.08. The molecule has 1 fully saturated rings. The van der Waals surface area contributed by atoms with Crippen LogP contribution in [0.4, 0.5) is 17.6 Å². The van der Waals surface area contributed by atoms with Gasteiger partial charge in [-0.25, -0.2) is 12.8 Å². The van der Waals surface area contributed by atoms with E-state index < -0.39 is 27.1 Å². The maximum atomic E-state index is 13.3. The van der Waals surface area contributed by atoms with Crippen molar-refractivity contribution in [2.24, 2.45) is 10.9 Å². The van der Waals surface area contributed by atoms with Crippen LogP contribution in [0.2, 0.25) is 0 Å². The molecule has 0 radical (unpaired) electrons. The molecular formula is C16H22F4N4O3S. The van der Waals surface area contributed by atoms with Gasteiger partial charge in [0, 0.05) is 33.2 Å². The van der Waals surface area contributed by atoms with Gasteiger partial charge in [-0.15, -0.1) is 0 Å². The van der Waals surface area contributed by atoms with Crippen LogP contribution in [-0.4, -0.2) is 56.0 Å². The Morgan fingerprint density at radius 2 is 1.93 bits per heavy atom. The van der Waals surface area contributed by atoms with Gasteiger partial charge in [0.15, 0.2) is 17.5 Å². The van der Waals surface area contributed by atoms with Crippen molar-refractivity contribution < 1.29 is 31.1 Å². The summed E-state index contributed by atoms with van der Waals surface area (Å²) in [5.74, 6) is -0.767. The lowest BCUT2D eigenvalue weighted by Gasteiger charge is -2.31. The molecule has 0 atom stereocenters. The monoisotopic (exact) mass is 426 g/mol. The number of guanidine groups is 1. The summed E-state index contributed by atoms with van der Waals surface area (Å²) < 4.78 is 74.4. The van der Waals surface area contributed by atoms with Crippen molar-refractivity contribution in [2.75, 3.05) is 26.7 Å². The molecule has 1 aromatic rings. The molecule has 2 rings (SSSR count). The molecule has 0 amide bonds. The molecule has 0 saturated carbocycles. The molecular weight excluding hydrogens is 404 g/mol. The number of halogens is 4. The zero-order valence-electron chi connectivity index (χ0n) is 15.1. The molecule has 158 valence electrons. The number of aromatic hydroxyl groups is 1. The first-order chi connectivity index (χ1) is 13.0. The Morgan fingerprint density at radius 3 is 2.46 bits per heavy atom. The third-order valence-electron chi connectivity index (χ3n) is 4.46. The van der Waals surface area contributed by atoms with Crippen molar-refractivity contribution >= 4 is 16.0 Å². The highest BCUT2D eigenvalue weighted by Gasteiger charge is 2.50. The minimum atomic E-state index is -5.28. The lowest BCUT2D eigenvalue weighted by molar-refractivity contribution is -0.0496. The van der Waals surface area contributed by atoms with E-state index in [1.807, 2.05) is 0 Å². The topological polar surface area (TPSA) is 94.0 Å².